The number of carbonyl (C=O) groups is 1. The highest BCUT2D eigenvalue weighted by Crippen LogP contribution is 2.39. The number of aliphatic imine (C=N–C) groups is 1. The second-order valence-electron chi connectivity index (χ2n) is 6.39. The summed E-state index contributed by atoms with van der Waals surface area (Å²) in [7, 11) is 0. The summed E-state index contributed by atoms with van der Waals surface area (Å²) in [6, 6.07) is 3.39. The van der Waals surface area contributed by atoms with Crippen molar-refractivity contribution in [3.05, 3.63) is 67.6 Å². The first-order valence-electron chi connectivity index (χ1n) is 8.81. The number of hydrogen-bond acceptors (Lipinski definition) is 6. The van der Waals surface area contributed by atoms with Crippen LogP contribution in [0.2, 0.25) is 5.02 Å². The molecule has 3 rings (SSSR count). The number of thioether (sulfide) groups is 1. The molecule has 1 aromatic carbocycles. The summed E-state index contributed by atoms with van der Waals surface area (Å²) in [4.78, 5) is 19.4. The minimum Gasteiger partial charge on any atom is -0.463 e. The Morgan fingerprint density at radius 2 is 2.07 bits per heavy atom. The van der Waals surface area contributed by atoms with Gasteiger partial charge in [0.2, 0.25) is 0 Å². The molecule has 0 amide bonds. The molecule has 148 valence electrons. The van der Waals surface area contributed by atoms with Gasteiger partial charge in [0.15, 0.2) is 0 Å². The summed E-state index contributed by atoms with van der Waals surface area (Å²) in [6.07, 6.45) is 1.92. The van der Waals surface area contributed by atoms with Crippen molar-refractivity contribution >= 4 is 35.2 Å². The first-order chi connectivity index (χ1) is 13.3. The predicted molar refractivity (Wildman–Crippen MR) is 111 cm³/mol. The summed E-state index contributed by atoms with van der Waals surface area (Å²) in [5.41, 5.74) is 2.47. The lowest BCUT2D eigenvalue weighted by atomic mass is 9.95. The second-order valence-corrected chi connectivity index (χ2v) is 8.05. The molecule has 1 aromatic rings. The van der Waals surface area contributed by atoms with Crippen LogP contribution in [0.1, 0.15) is 39.3 Å². The van der Waals surface area contributed by atoms with Gasteiger partial charge in [0, 0.05) is 33.1 Å². The molecule has 0 aromatic heterocycles. The molecule has 0 fully saturated rings. The van der Waals surface area contributed by atoms with Crippen molar-refractivity contribution in [2.24, 2.45) is 4.99 Å². The quantitative estimate of drug-likeness (QED) is 0.684. The average molecular weight is 422 g/mol. The molecular weight excluding hydrogens is 401 g/mol. The first-order valence-corrected chi connectivity index (χ1v) is 10.0. The minimum absolute atomic E-state index is 0.209. The normalized spacial score (nSPS) is 19.6. The van der Waals surface area contributed by atoms with Crippen LogP contribution in [0.4, 0.5) is 4.39 Å². The summed E-state index contributed by atoms with van der Waals surface area (Å²) < 4.78 is 18.8. The Hall–Kier alpha value is -2.25. The molecular formula is C20H21ClFN3O2S. The number of halogens is 2. The largest absolute Gasteiger partial charge is 0.463 e. The zero-order chi connectivity index (χ0) is 20.4. The third kappa shape index (κ3) is 4.10. The van der Waals surface area contributed by atoms with E-state index in [-0.39, 0.29) is 11.6 Å². The van der Waals surface area contributed by atoms with Crippen LogP contribution in [0, 0.1) is 5.82 Å². The molecule has 8 heteroatoms. The minimum atomic E-state index is -0.699. The van der Waals surface area contributed by atoms with Gasteiger partial charge in [0.1, 0.15) is 17.7 Å². The van der Waals surface area contributed by atoms with Crippen molar-refractivity contribution in [1.82, 2.24) is 10.6 Å². The molecule has 0 saturated heterocycles. The van der Waals surface area contributed by atoms with E-state index in [0.717, 1.165) is 15.5 Å². The average Bonchev–Trinajstić information content (AvgIpc) is 2.63. The molecule has 0 radical (unpaired) electrons. The van der Waals surface area contributed by atoms with E-state index < -0.39 is 17.8 Å². The van der Waals surface area contributed by atoms with Crippen LogP contribution in [0.25, 0.3) is 0 Å². The third-order valence-electron chi connectivity index (χ3n) is 4.30. The van der Waals surface area contributed by atoms with Gasteiger partial charge in [-0.1, -0.05) is 29.4 Å². The topological polar surface area (TPSA) is 62.7 Å². The Labute approximate surface area is 172 Å². The van der Waals surface area contributed by atoms with Crippen molar-refractivity contribution in [3.63, 3.8) is 0 Å². The van der Waals surface area contributed by atoms with E-state index in [1.165, 1.54) is 12.1 Å². The predicted octanol–water partition coefficient (Wildman–Crippen LogP) is 4.79. The molecule has 1 atom stereocenters. The second kappa shape index (κ2) is 8.41. The zero-order valence-corrected chi connectivity index (χ0v) is 17.6. The van der Waals surface area contributed by atoms with Gasteiger partial charge in [-0.2, -0.15) is 0 Å². The standard InChI is InChI=1S/C20H21ClFN3O2S/c1-5-27-20(26)16-11(3)24-19(18-12(4)23-9-10(2)28-18)25-17(16)14-7-6-13(22)8-15(14)21/h6-9,17,23H,5H2,1-4H3,(H,24,25). The van der Waals surface area contributed by atoms with Gasteiger partial charge < -0.3 is 15.4 Å². The zero-order valence-electron chi connectivity index (χ0n) is 16.0. The number of nitrogens with zero attached hydrogens (tertiary/aromatic N) is 1. The fourth-order valence-corrected chi connectivity index (χ4v) is 4.10. The number of amidine groups is 1. The number of allylic oxidation sites excluding steroid dienone is 3. The van der Waals surface area contributed by atoms with Gasteiger partial charge in [-0.15, -0.1) is 0 Å². The van der Waals surface area contributed by atoms with E-state index >= 15 is 0 Å². The lowest BCUT2D eigenvalue weighted by Crippen LogP contribution is -2.34. The Morgan fingerprint density at radius 1 is 1.32 bits per heavy atom. The molecule has 1 unspecified atom stereocenters. The SMILES string of the molecule is CCOC(=O)C1=C(C)NC(C2=C(C)NC=C(C)S2)=NC1c1ccc(F)cc1Cl. The lowest BCUT2D eigenvalue weighted by Gasteiger charge is -2.29. The fraction of sp³-hybridized carbons (Fsp3) is 0.300. The van der Waals surface area contributed by atoms with Gasteiger partial charge >= 0.3 is 5.97 Å². The van der Waals surface area contributed by atoms with Crippen molar-refractivity contribution < 1.29 is 13.9 Å². The molecule has 0 saturated carbocycles. The van der Waals surface area contributed by atoms with Crippen LogP contribution in [-0.4, -0.2) is 18.4 Å². The molecule has 2 aliphatic rings. The van der Waals surface area contributed by atoms with Crippen LogP contribution in [0.5, 0.6) is 0 Å². The summed E-state index contributed by atoms with van der Waals surface area (Å²) >= 11 is 7.88. The van der Waals surface area contributed by atoms with Crippen LogP contribution >= 0.6 is 23.4 Å². The Kier molecular flexibility index (Phi) is 6.15. The smallest absolute Gasteiger partial charge is 0.338 e. The highest BCUT2D eigenvalue weighted by Gasteiger charge is 2.33. The van der Waals surface area contributed by atoms with E-state index in [1.807, 2.05) is 20.0 Å². The molecule has 28 heavy (non-hydrogen) atoms. The molecule has 2 heterocycles. The van der Waals surface area contributed by atoms with E-state index in [9.17, 15) is 9.18 Å². The van der Waals surface area contributed by atoms with Crippen molar-refractivity contribution in [2.45, 2.75) is 33.7 Å². The maximum absolute atomic E-state index is 13.6. The lowest BCUT2D eigenvalue weighted by molar-refractivity contribution is -0.138. The van der Waals surface area contributed by atoms with Gasteiger partial charge in [0.25, 0.3) is 0 Å². The summed E-state index contributed by atoms with van der Waals surface area (Å²) in [5, 5.41) is 6.65. The summed E-state index contributed by atoms with van der Waals surface area (Å²) in [6.45, 7) is 7.73. The van der Waals surface area contributed by atoms with Crippen LogP contribution in [0.15, 0.2) is 56.2 Å². The number of carbonyl (C=O) groups excluding carboxylic acids is 1. The van der Waals surface area contributed by atoms with Crippen molar-refractivity contribution in [3.8, 4) is 0 Å². The molecule has 2 aliphatic heterocycles. The molecule has 0 spiro atoms. The van der Waals surface area contributed by atoms with Crippen LogP contribution in [-0.2, 0) is 9.53 Å². The van der Waals surface area contributed by atoms with E-state index in [0.29, 0.717) is 22.7 Å². The number of rotatable bonds is 4. The van der Waals surface area contributed by atoms with E-state index in [4.69, 9.17) is 21.3 Å². The molecule has 5 nitrogen and oxygen atoms in total. The third-order valence-corrected chi connectivity index (χ3v) is 5.78. The van der Waals surface area contributed by atoms with Crippen LogP contribution in [0.3, 0.4) is 0 Å². The molecule has 0 bridgehead atoms. The van der Waals surface area contributed by atoms with Gasteiger partial charge in [0.05, 0.1) is 17.1 Å². The maximum Gasteiger partial charge on any atom is 0.338 e. The van der Waals surface area contributed by atoms with Gasteiger partial charge in [-0.25, -0.2) is 9.18 Å². The van der Waals surface area contributed by atoms with Crippen molar-refractivity contribution in [1.29, 1.82) is 0 Å². The Balaban J connectivity index is 2.11. The van der Waals surface area contributed by atoms with Gasteiger partial charge in [-0.05, 0) is 39.8 Å². The molecule has 2 N–H and O–H groups in total. The van der Waals surface area contributed by atoms with Gasteiger partial charge in [-0.3, -0.25) is 4.99 Å². The monoisotopic (exact) mass is 421 g/mol. The number of ether oxygens (including phenoxy) is 1. The number of esters is 1. The maximum atomic E-state index is 13.6. The Bertz CT molecular complexity index is 953. The summed E-state index contributed by atoms with van der Waals surface area (Å²) in [5.74, 6) is -0.299. The first kappa shape index (κ1) is 20.5. The number of nitrogens with one attached hydrogen (secondary N) is 2. The number of hydrogen-bond donors (Lipinski definition) is 2. The fourth-order valence-electron chi connectivity index (χ4n) is 2.98. The van der Waals surface area contributed by atoms with Crippen molar-refractivity contribution in [2.75, 3.05) is 6.61 Å². The Morgan fingerprint density at radius 3 is 2.75 bits per heavy atom. The van der Waals surface area contributed by atoms with Crippen LogP contribution < -0.4 is 10.6 Å². The highest BCUT2D eigenvalue weighted by atomic mass is 35.5. The number of benzene rings is 1. The van der Waals surface area contributed by atoms with E-state index in [2.05, 4.69) is 10.6 Å². The molecule has 0 aliphatic carbocycles. The van der Waals surface area contributed by atoms with E-state index in [1.54, 1.807) is 31.7 Å². The highest BCUT2D eigenvalue weighted by molar-refractivity contribution is 8.07.